The van der Waals surface area contributed by atoms with Crippen molar-refractivity contribution in [3.8, 4) is 0 Å². The van der Waals surface area contributed by atoms with E-state index in [4.69, 9.17) is 0 Å². The minimum atomic E-state index is 0.842. The van der Waals surface area contributed by atoms with E-state index in [0.29, 0.717) is 0 Å². The van der Waals surface area contributed by atoms with Crippen molar-refractivity contribution in [1.82, 2.24) is 5.32 Å². The van der Waals surface area contributed by atoms with Crippen molar-refractivity contribution < 1.29 is 0 Å². The molecule has 0 bridgehead atoms. The fourth-order valence-corrected chi connectivity index (χ4v) is 3.31. The molecule has 2 fully saturated rings. The minimum Gasteiger partial charge on any atom is -0.314 e. The van der Waals surface area contributed by atoms with Crippen LogP contribution in [-0.4, -0.2) is 12.6 Å². The van der Waals surface area contributed by atoms with Crippen LogP contribution in [0.1, 0.15) is 58.8 Å². The summed E-state index contributed by atoms with van der Waals surface area (Å²) in [5.74, 6) is 2.93. The lowest BCUT2D eigenvalue weighted by Crippen LogP contribution is -2.36. The number of nitrogens with one attached hydrogen (secondary N) is 1. The molecule has 0 heterocycles. The number of hydrogen-bond donors (Lipinski definition) is 1. The van der Waals surface area contributed by atoms with E-state index in [9.17, 15) is 0 Å². The van der Waals surface area contributed by atoms with E-state index in [1.165, 1.54) is 51.5 Å². The van der Waals surface area contributed by atoms with Crippen molar-refractivity contribution in [3.05, 3.63) is 0 Å². The Kier molecular flexibility index (Phi) is 4.07. The zero-order chi connectivity index (χ0) is 10.7. The molecule has 0 aliphatic heterocycles. The first-order valence-corrected chi connectivity index (χ1v) is 6.99. The Morgan fingerprint density at radius 3 is 2.27 bits per heavy atom. The van der Waals surface area contributed by atoms with Crippen LogP contribution in [0.4, 0.5) is 0 Å². The van der Waals surface area contributed by atoms with Gasteiger partial charge in [-0.15, -0.1) is 0 Å². The fraction of sp³-hybridized carbons (Fsp3) is 1.00. The van der Waals surface area contributed by atoms with Crippen LogP contribution in [-0.2, 0) is 0 Å². The van der Waals surface area contributed by atoms with Crippen LogP contribution in [0, 0.1) is 17.8 Å². The molecule has 2 rings (SSSR count). The third-order valence-electron chi connectivity index (χ3n) is 4.72. The van der Waals surface area contributed by atoms with Crippen LogP contribution < -0.4 is 5.32 Å². The SMILES string of the molecule is CC1CCC(NCC2CCCC2C)CC1. The van der Waals surface area contributed by atoms with Crippen molar-refractivity contribution in [1.29, 1.82) is 0 Å². The van der Waals surface area contributed by atoms with E-state index in [0.717, 1.165) is 23.8 Å². The molecule has 1 N–H and O–H groups in total. The van der Waals surface area contributed by atoms with Crippen LogP contribution in [0.5, 0.6) is 0 Å². The lowest BCUT2D eigenvalue weighted by Gasteiger charge is -2.28. The van der Waals surface area contributed by atoms with Gasteiger partial charge in [-0.05, 0) is 56.4 Å². The first-order chi connectivity index (χ1) is 7.25. The number of rotatable bonds is 3. The molecule has 0 saturated heterocycles. The smallest absolute Gasteiger partial charge is 0.00673 e. The van der Waals surface area contributed by atoms with Gasteiger partial charge in [-0.1, -0.05) is 26.7 Å². The van der Waals surface area contributed by atoms with Crippen molar-refractivity contribution in [2.24, 2.45) is 17.8 Å². The van der Waals surface area contributed by atoms with Gasteiger partial charge in [0, 0.05) is 6.04 Å². The Balaban J connectivity index is 1.65. The zero-order valence-corrected chi connectivity index (χ0v) is 10.5. The van der Waals surface area contributed by atoms with Gasteiger partial charge in [-0.3, -0.25) is 0 Å². The molecule has 2 saturated carbocycles. The lowest BCUT2D eigenvalue weighted by atomic mass is 9.87. The van der Waals surface area contributed by atoms with Gasteiger partial charge < -0.3 is 5.32 Å². The Labute approximate surface area is 95.0 Å². The van der Waals surface area contributed by atoms with E-state index in [1.54, 1.807) is 0 Å². The van der Waals surface area contributed by atoms with Gasteiger partial charge in [0.25, 0.3) is 0 Å². The highest BCUT2D eigenvalue weighted by Gasteiger charge is 2.24. The molecule has 2 aliphatic rings. The summed E-state index contributed by atoms with van der Waals surface area (Å²) < 4.78 is 0. The fourth-order valence-electron chi connectivity index (χ4n) is 3.31. The zero-order valence-electron chi connectivity index (χ0n) is 10.5. The minimum absolute atomic E-state index is 0.842. The van der Waals surface area contributed by atoms with Crippen LogP contribution in [0.2, 0.25) is 0 Å². The highest BCUT2D eigenvalue weighted by atomic mass is 14.9. The molecule has 0 spiro atoms. The predicted molar refractivity (Wildman–Crippen MR) is 65.9 cm³/mol. The summed E-state index contributed by atoms with van der Waals surface area (Å²) in [5, 5.41) is 3.81. The summed E-state index contributed by atoms with van der Waals surface area (Å²) in [5.41, 5.74) is 0. The summed E-state index contributed by atoms with van der Waals surface area (Å²) in [6.07, 6.45) is 10.1. The van der Waals surface area contributed by atoms with E-state index in [2.05, 4.69) is 19.2 Å². The molecule has 1 heteroatoms. The summed E-state index contributed by atoms with van der Waals surface area (Å²) in [6.45, 7) is 6.12. The highest BCUT2D eigenvalue weighted by molar-refractivity contribution is 4.80. The second kappa shape index (κ2) is 5.34. The monoisotopic (exact) mass is 209 g/mol. The van der Waals surface area contributed by atoms with Crippen molar-refractivity contribution in [2.75, 3.05) is 6.54 Å². The highest BCUT2D eigenvalue weighted by Crippen LogP contribution is 2.31. The lowest BCUT2D eigenvalue weighted by molar-refractivity contribution is 0.283. The van der Waals surface area contributed by atoms with Crippen molar-refractivity contribution >= 4 is 0 Å². The molecule has 1 nitrogen and oxygen atoms in total. The van der Waals surface area contributed by atoms with Gasteiger partial charge >= 0.3 is 0 Å². The summed E-state index contributed by atoms with van der Waals surface area (Å²) in [4.78, 5) is 0. The Bertz CT molecular complexity index is 182. The molecular weight excluding hydrogens is 182 g/mol. The standard InChI is InChI=1S/C14H27N/c1-11-6-8-14(9-7-11)15-10-13-5-3-4-12(13)2/h11-15H,3-10H2,1-2H3. The van der Waals surface area contributed by atoms with E-state index in [1.807, 2.05) is 0 Å². The van der Waals surface area contributed by atoms with Crippen LogP contribution in [0.15, 0.2) is 0 Å². The summed E-state index contributed by atoms with van der Waals surface area (Å²) in [7, 11) is 0. The predicted octanol–water partition coefficient (Wildman–Crippen LogP) is 3.59. The van der Waals surface area contributed by atoms with E-state index < -0.39 is 0 Å². The average Bonchev–Trinajstić information content (AvgIpc) is 2.63. The first kappa shape index (κ1) is 11.4. The van der Waals surface area contributed by atoms with Gasteiger partial charge in [0.1, 0.15) is 0 Å². The van der Waals surface area contributed by atoms with Crippen LogP contribution >= 0.6 is 0 Å². The third kappa shape index (κ3) is 3.21. The molecule has 0 aromatic carbocycles. The first-order valence-electron chi connectivity index (χ1n) is 6.99. The largest absolute Gasteiger partial charge is 0.314 e. The normalized spacial score (nSPS) is 42.0. The summed E-state index contributed by atoms with van der Waals surface area (Å²) in [6, 6.07) is 0.842. The van der Waals surface area contributed by atoms with Gasteiger partial charge in [0.2, 0.25) is 0 Å². The molecule has 0 amide bonds. The Morgan fingerprint density at radius 2 is 1.67 bits per heavy atom. The maximum Gasteiger partial charge on any atom is 0.00673 e. The van der Waals surface area contributed by atoms with Crippen molar-refractivity contribution in [3.63, 3.8) is 0 Å². The topological polar surface area (TPSA) is 12.0 Å². The molecular formula is C14H27N. The van der Waals surface area contributed by atoms with Crippen LogP contribution in [0.25, 0.3) is 0 Å². The Morgan fingerprint density at radius 1 is 0.933 bits per heavy atom. The Hall–Kier alpha value is -0.0400. The molecule has 2 atom stereocenters. The van der Waals surface area contributed by atoms with Crippen molar-refractivity contribution in [2.45, 2.75) is 64.8 Å². The molecule has 15 heavy (non-hydrogen) atoms. The second-order valence-corrected chi connectivity index (χ2v) is 6.03. The van der Waals surface area contributed by atoms with Gasteiger partial charge in [-0.2, -0.15) is 0 Å². The molecule has 0 aromatic heterocycles. The molecule has 0 aromatic rings. The second-order valence-electron chi connectivity index (χ2n) is 6.03. The molecule has 2 unspecified atom stereocenters. The maximum atomic E-state index is 3.81. The summed E-state index contributed by atoms with van der Waals surface area (Å²) >= 11 is 0. The maximum absolute atomic E-state index is 3.81. The molecule has 0 radical (unpaired) electrons. The van der Waals surface area contributed by atoms with Gasteiger partial charge in [0.05, 0.1) is 0 Å². The van der Waals surface area contributed by atoms with Crippen LogP contribution in [0.3, 0.4) is 0 Å². The third-order valence-corrected chi connectivity index (χ3v) is 4.72. The van der Waals surface area contributed by atoms with E-state index in [-0.39, 0.29) is 0 Å². The quantitative estimate of drug-likeness (QED) is 0.749. The number of hydrogen-bond acceptors (Lipinski definition) is 1. The molecule has 2 aliphatic carbocycles. The van der Waals surface area contributed by atoms with Gasteiger partial charge in [0.15, 0.2) is 0 Å². The molecule has 88 valence electrons. The van der Waals surface area contributed by atoms with Gasteiger partial charge in [-0.25, -0.2) is 0 Å². The van der Waals surface area contributed by atoms with E-state index >= 15 is 0 Å². The average molecular weight is 209 g/mol.